The fourth-order valence-corrected chi connectivity index (χ4v) is 4.52. The summed E-state index contributed by atoms with van der Waals surface area (Å²) in [6.45, 7) is 6.01. The van der Waals surface area contributed by atoms with Crippen molar-refractivity contribution in [1.29, 1.82) is 5.26 Å². The molecule has 0 radical (unpaired) electrons. The molecule has 3 aromatic rings. The molecule has 1 aromatic carbocycles. The van der Waals surface area contributed by atoms with Crippen LogP contribution < -0.4 is 5.32 Å². The number of nitrogens with one attached hydrogen (secondary N) is 1. The van der Waals surface area contributed by atoms with Crippen molar-refractivity contribution < 1.29 is 0 Å². The van der Waals surface area contributed by atoms with Crippen molar-refractivity contribution in [1.82, 2.24) is 14.9 Å². The molecule has 1 saturated heterocycles. The van der Waals surface area contributed by atoms with Crippen molar-refractivity contribution in [3.8, 4) is 6.07 Å². The van der Waals surface area contributed by atoms with Crippen molar-refractivity contribution in [3.05, 3.63) is 51.1 Å². The highest BCUT2D eigenvalue weighted by molar-refractivity contribution is 7.09. The first kappa shape index (κ1) is 19.1. The second-order valence-electron chi connectivity index (χ2n) is 7.28. The topological polar surface area (TPSA) is 64.8 Å². The standard InChI is InChI=1S/C21H22ClN5S/c1-14-26-18(13-28-14)12-27-6-4-15(5-7-27)10-25-21-16(9-23)11-24-20-3-2-17(22)8-19(20)21/h2-3,8,11,13,15H,4-7,10,12H2,1H3,(H,24,25). The largest absolute Gasteiger partial charge is 0.383 e. The number of benzene rings is 1. The number of nitrogens with zero attached hydrogens (tertiary/aromatic N) is 4. The molecule has 0 amide bonds. The molecule has 3 heterocycles. The van der Waals surface area contributed by atoms with Gasteiger partial charge in [-0.15, -0.1) is 11.3 Å². The van der Waals surface area contributed by atoms with Crippen LogP contribution in [0.2, 0.25) is 5.02 Å². The smallest absolute Gasteiger partial charge is 0.103 e. The average Bonchev–Trinajstić information content (AvgIpc) is 3.11. The predicted octanol–water partition coefficient (Wildman–Crippen LogP) is 4.85. The number of anilines is 1. The Morgan fingerprint density at radius 3 is 2.89 bits per heavy atom. The molecule has 1 fully saturated rings. The summed E-state index contributed by atoms with van der Waals surface area (Å²) >= 11 is 7.89. The lowest BCUT2D eigenvalue weighted by Crippen LogP contribution is -2.35. The molecule has 0 unspecified atom stereocenters. The number of halogens is 1. The monoisotopic (exact) mass is 411 g/mol. The average molecular weight is 412 g/mol. The molecule has 2 aromatic heterocycles. The maximum absolute atomic E-state index is 9.49. The number of thiazole rings is 1. The first-order valence-corrected chi connectivity index (χ1v) is 10.7. The van der Waals surface area contributed by atoms with E-state index >= 15 is 0 Å². The third-order valence-corrected chi connectivity index (χ3v) is 6.33. The molecule has 0 bridgehead atoms. The predicted molar refractivity (Wildman–Crippen MR) is 115 cm³/mol. The highest BCUT2D eigenvalue weighted by atomic mass is 35.5. The van der Waals surface area contributed by atoms with E-state index in [1.54, 1.807) is 17.5 Å². The van der Waals surface area contributed by atoms with Gasteiger partial charge in [0, 0.05) is 35.1 Å². The van der Waals surface area contributed by atoms with Gasteiger partial charge in [-0.25, -0.2) is 4.98 Å². The number of aryl methyl sites for hydroxylation is 1. The van der Waals surface area contributed by atoms with Crippen LogP contribution >= 0.6 is 22.9 Å². The lowest BCUT2D eigenvalue weighted by Gasteiger charge is -2.31. The molecule has 4 rings (SSSR count). The molecule has 7 heteroatoms. The molecule has 28 heavy (non-hydrogen) atoms. The lowest BCUT2D eigenvalue weighted by molar-refractivity contribution is 0.181. The molecule has 5 nitrogen and oxygen atoms in total. The van der Waals surface area contributed by atoms with Crippen LogP contribution in [0.5, 0.6) is 0 Å². The number of hydrogen-bond acceptors (Lipinski definition) is 6. The zero-order valence-electron chi connectivity index (χ0n) is 15.8. The summed E-state index contributed by atoms with van der Waals surface area (Å²) in [5.74, 6) is 0.586. The Morgan fingerprint density at radius 2 is 2.18 bits per heavy atom. The molecule has 0 spiro atoms. The highest BCUT2D eigenvalue weighted by Gasteiger charge is 2.20. The first-order chi connectivity index (χ1) is 13.6. The van der Waals surface area contributed by atoms with Crippen molar-refractivity contribution in [2.75, 3.05) is 25.0 Å². The summed E-state index contributed by atoms with van der Waals surface area (Å²) in [6.07, 6.45) is 3.92. The number of hydrogen-bond donors (Lipinski definition) is 1. The van der Waals surface area contributed by atoms with Crippen LogP contribution in [0.1, 0.15) is 29.1 Å². The second-order valence-corrected chi connectivity index (χ2v) is 8.78. The minimum absolute atomic E-state index is 0.561. The van der Waals surface area contributed by atoms with Crippen LogP contribution in [0.25, 0.3) is 10.9 Å². The van der Waals surface area contributed by atoms with E-state index in [1.807, 2.05) is 18.2 Å². The number of pyridine rings is 1. The Balaban J connectivity index is 1.39. The van der Waals surface area contributed by atoms with Crippen molar-refractivity contribution in [2.45, 2.75) is 26.3 Å². The molecule has 1 N–H and O–H groups in total. The van der Waals surface area contributed by atoms with Gasteiger partial charge in [0.1, 0.15) is 6.07 Å². The minimum Gasteiger partial charge on any atom is -0.383 e. The van der Waals surface area contributed by atoms with Crippen molar-refractivity contribution in [2.24, 2.45) is 5.92 Å². The Hall–Kier alpha value is -2.20. The van der Waals surface area contributed by atoms with Gasteiger partial charge in [-0.3, -0.25) is 9.88 Å². The molecule has 1 aliphatic heterocycles. The molecule has 1 aliphatic rings. The van der Waals surface area contributed by atoms with Gasteiger partial charge in [0.15, 0.2) is 0 Å². The summed E-state index contributed by atoms with van der Waals surface area (Å²) in [4.78, 5) is 11.4. The zero-order chi connectivity index (χ0) is 19.5. The Morgan fingerprint density at radius 1 is 1.36 bits per heavy atom. The maximum Gasteiger partial charge on any atom is 0.103 e. The Labute approximate surface area is 174 Å². The second kappa shape index (κ2) is 8.44. The number of nitriles is 1. The lowest BCUT2D eigenvalue weighted by atomic mass is 9.96. The van der Waals surface area contributed by atoms with Gasteiger partial charge in [0.25, 0.3) is 0 Å². The van der Waals surface area contributed by atoms with Gasteiger partial charge in [-0.1, -0.05) is 11.6 Å². The third-order valence-electron chi connectivity index (χ3n) is 5.28. The first-order valence-electron chi connectivity index (χ1n) is 9.48. The van der Waals surface area contributed by atoms with Crippen LogP contribution in [-0.2, 0) is 6.54 Å². The summed E-state index contributed by atoms with van der Waals surface area (Å²) in [7, 11) is 0. The van der Waals surface area contributed by atoms with E-state index in [0.717, 1.165) is 60.6 Å². The highest BCUT2D eigenvalue weighted by Crippen LogP contribution is 2.29. The minimum atomic E-state index is 0.561. The Kier molecular flexibility index (Phi) is 5.77. The van der Waals surface area contributed by atoms with Crippen LogP contribution in [0.3, 0.4) is 0 Å². The summed E-state index contributed by atoms with van der Waals surface area (Å²) < 4.78 is 0. The number of fused-ring (bicyclic) bond motifs is 1. The zero-order valence-corrected chi connectivity index (χ0v) is 17.4. The van der Waals surface area contributed by atoms with Crippen LogP contribution in [0.4, 0.5) is 5.69 Å². The van der Waals surface area contributed by atoms with Crippen molar-refractivity contribution >= 4 is 39.5 Å². The van der Waals surface area contributed by atoms with Crippen molar-refractivity contribution in [3.63, 3.8) is 0 Å². The molecular weight excluding hydrogens is 390 g/mol. The van der Waals surface area contributed by atoms with E-state index in [1.165, 1.54) is 5.69 Å². The molecule has 144 valence electrons. The van der Waals surface area contributed by atoms with Crippen LogP contribution in [0.15, 0.2) is 29.8 Å². The van der Waals surface area contributed by atoms with Gasteiger partial charge in [-0.05, 0) is 57.0 Å². The molecule has 0 saturated carbocycles. The summed E-state index contributed by atoms with van der Waals surface area (Å²) in [6, 6.07) is 7.85. The quantitative estimate of drug-likeness (QED) is 0.650. The normalized spacial score (nSPS) is 15.6. The summed E-state index contributed by atoms with van der Waals surface area (Å²) in [5.41, 5.74) is 3.43. The number of aromatic nitrogens is 2. The van der Waals surface area contributed by atoms with E-state index in [4.69, 9.17) is 11.6 Å². The number of likely N-dealkylation sites (tertiary alicyclic amines) is 1. The molecule has 0 atom stereocenters. The van der Waals surface area contributed by atoms with Crippen LogP contribution in [-0.4, -0.2) is 34.5 Å². The Bertz CT molecular complexity index is 1020. The fraction of sp³-hybridized carbons (Fsp3) is 0.381. The fourth-order valence-electron chi connectivity index (χ4n) is 3.75. The van der Waals surface area contributed by atoms with Crippen LogP contribution in [0, 0.1) is 24.2 Å². The van der Waals surface area contributed by atoms with Gasteiger partial charge in [0.05, 0.1) is 27.5 Å². The van der Waals surface area contributed by atoms with E-state index < -0.39 is 0 Å². The van der Waals surface area contributed by atoms with E-state index in [2.05, 4.69) is 38.6 Å². The molecular formula is C21H22ClN5S. The van der Waals surface area contributed by atoms with E-state index in [-0.39, 0.29) is 0 Å². The van der Waals surface area contributed by atoms with Gasteiger partial charge >= 0.3 is 0 Å². The number of piperidine rings is 1. The van der Waals surface area contributed by atoms with Gasteiger partial charge < -0.3 is 5.32 Å². The SMILES string of the molecule is Cc1nc(CN2CCC(CNc3c(C#N)cnc4ccc(Cl)cc34)CC2)cs1. The van der Waals surface area contributed by atoms with Gasteiger partial charge in [-0.2, -0.15) is 5.26 Å². The van der Waals surface area contributed by atoms with E-state index in [0.29, 0.717) is 16.5 Å². The van der Waals surface area contributed by atoms with E-state index in [9.17, 15) is 5.26 Å². The number of rotatable bonds is 5. The third kappa shape index (κ3) is 4.27. The maximum atomic E-state index is 9.49. The summed E-state index contributed by atoms with van der Waals surface area (Å²) in [5, 5.41) is 17.9. The van der Waals surface area contributed by atoms with Gasteiger partial charge in [0.2, 0.25) is 0 Å². The molecule has 0 aliphatic carbocycles.